The second-order valence-electron chi connectivity index (χ2n) is 3.37. The molecule has 0 radical (unpaired) electrons. The van der Waals surface area contributed by atoms with Gasteiger partial charge >= 0.3 is 0 Å². The molecule has 0 aliphatic carbocycles. The molecule has 0 bridgehead atoms. The van der Waals surface area contributed by atoms with E-state index in [1.807, 2.05) is 22.3 Å². The Hall–Kier alpha value is -1.23. The van der Waals surface area contributed by atoms with Crippen molar-refractivity contribution in [2.75, 3.05) is 23.9 Å². The Labute approximate surface area is 93.1 Å². The van der Waals surface area contributed by atoms with E-state index in [0.29, 0.717) is 0 Å². The van der Waals surface area contributed by atoms with Gasteiger partial charge in [-0.2, -0.15) is 21.4 Å². The van der Waals surface area contributed by atoms with Gasteiger partial charge in [0.05, 0.1) is 0 Å². The molecule has 80 valence electrons. The van der Waals surface area contributed by atoms with Crippen LogP contribution in [-0.4, -0.2) is 33.2 Å². The van der Waals surface area contributed by atoms with E-state index in [2.05, 4.69) is 34.6 Å². The molecule has 2 heterocycles. The van der Waals surface area contributed by atoms with Crippen LogP contribution in [0.25, 0.3) is 5.65 Å². The van der Waals surface area contributed by atoms with Crippen molar-refractivity contribution in [1.82, 2.24) is 14.6 Å². The quantitative estimate of drug-likeness (QED) is 0.801. The molecular formula is C10H14N4S. The van der Waals surface area contributed by atoms with Crippen LogP contribution in [0.15, 0.2) is 18.5 Å². The van der Waals surface area contributed by atoms with E-state index in [0.717, 1.165) is 23.8 Å². The fourth-order valence-electron chi connectivity index (χ4n) is 1.46. The maximum Gasteiger partial charge on any atom is 0.157 e. The lowest BCUT2D eigenvalue weighted by Crippen LogP contribution is -2.08. The average Bonchev–Trinajstić information content (AvgIpc) is 2.65. The molecule has 0 amide bonds. The Kier molecular flexibility index (Phi) is 3.11. The zero-order valence-corrected chi connectivity index (χ0v) is 9.71. The van der Waals surface area contributed by atoms with E-state index >= 15 is 0 Å². The number of hydrogen-bond acceptors (Lipinski definition) is 4. The molecular weight excluding hydrogens is 208 g/mol. The first-order valence-corrected chi connectivity index (χ1v) is 6.24. The van der Waals surface area contributed by atoms with E-state index in [9.17, 15) is 0 Å². The van der Waals surface area contributed by atoms with Gasteiger partial charge in [0, 0.05) is 12.3 Å². The fraction of sp³-hybridized carbons (Fsp3) is 0.400. The molecule has 0 aromatic carbocycles. The monoisotopic (exact) mass is 222 g/mol. The molecule has 0 aliphatic rings. The Balaban J connectivity index is 2.27. The molecule has 4 nitrogen and oxygen atoms in total. The summed E-state index contributed by atoms with van der Waals surface area (Å²) < 4.78 is 1.83. The van der Waals surface area contributed by atoms with Crippen molar-refractivity contribution in [3.8, 4) is 0 Å². The van der Waals surface area contributed by atoms with Gasteiger partial charge in [-0.1, -0.05) is 0 Å². The summed E-state index contributed by atoms with van der Waals surface area (Å²) in [6.07, 6.45) is 3.68. The Bertz CT molecular complexity index is 452. The van der Waals surface area contributed by atoms with Crippen LogP contribution in [0, 0.1) is 6.92 Å². The van der Waals surface area contributed by atoms with Crippen molar-refractivity contribution in [2.45, 2.75) is 6.92 Å². The number of hydrogen-bond donors (Lipinski definition) is 1. The van der Waals surface area contributed by atoms with Gasteiger partial charge in [-0.05, 0) is 30.9 Å². The van der Waals surface area contributed by atoms with Crippen LogP contribution in [0.2, 0.25) is 0 Å². The predicted molar refractivity (Wildman–Crippen MR) is 64.6 cm³/mol. The van der Waals surface area contributed by atoms with Crippen LogP contribution in [0.1, 0.15) is 5.56 Å². The third-order valence-corrected chi connectivity index (χ3v) is 2.75. The molecule has 0 spiro atoms. The fourth-order valence-corrected chi connectivity index (χ4v) is 1.77. The van der Waals surface area contributed by atoms with Gasteiger partial charge in [-0.25, -0.2) is 4.98 Å². The number of anilines is 1. The third-order valence-electron chi connectivity index (χ3n) is 2.14. The van der Waals surface area contributed by atoms with Gasteiger partial charge in [0.15, 0.2) is 5.65 Å². The number of thioether (sulfide) groups is 1. The van der Waals surface area contributed by atoms with Crippen LogP contribution in [-0.2, 0) is 0 Å². The van der Waals surface area contributed by atoms with Crippen molar-refractivity contribution >= 4 is 23.2 Å². The molecule has 0 fully saturated rings. The number of pyridine rings is 1. The lowest BCUT2D eigenvalue weighted by Gasteiger charge is -2.07. The summed E-state index contributed by atoms with van der Waals surface area (Å²) in [5.74, 6) is 2.10. The minimum atomic E-state index is 0.890. The van der Waals surface area contributed by atoms with E-state index < -0.39 is 0 Å². The summed E-state index contributed by atoms with van der Waals surface area (Å²) in [5.41, 5.74) is 2.09. The molecule has 2 rings (SSSR count). The van der Waals surface area contributed by atoms with Crippen LogP contribution >= 0.6 is 11.8 Å². The van der Waals surface area contributed by atoms with Crippen molar-refractivity contribution in [1.29, 1.82) is 0 Å². The summed E-state index contributed by atoms with van der Waals surface area (Å²) in [4.78, 5) is 4.18. The average molecular weight is 222 g/mol. The minimum absolute atomic E-state index is 0.890. The van der Waals surface area contributed by atoms with Crippen LogP contribution in [0.5, 0.6) is 0 Å². The molecule has 0 saturated carbocycles. The lowest BCUT2D eigenvalue weighted by molar-refractivity contribution is 0.949. The molecule has 2 aromatic rings. The second kappa shape index (κ2) is 4.53. The zero-order valence-electron chi connectivity index (χ0n) is 8.90. The predicted octanol–water partition coefficient (Wildman–Crippen LogP) is 1.81. The number of fused-ring (bicyclic) bond motifs is 1. The summed E-state index contributed by atoms with van der Waals surface area (Å²) in [6, 6.07) is 4.11. The third kappa shape index (κ3) is 2.23. The van der Waals surface area contributed by atoms with Gasteiger partial charge in [0.2, 0.25) is 0 Å². The largest absolute Gasteiger partial charge is 0.369 e. The molecule has 0 saturated heterocycles. The number of aryl methyl sites for hydroxylation is 1. The maximum atomic E-state index is 4.18. The normalized spacial score (nSPS) is 10.8. The molecule has 0 unspecified atom stereocenters. The van der Waals surface area contributed by atoms with Crippen molar-refractivity contribution in [2.24, 2.45) is 0 Å². The standard InChI is InChI=1S/C10H14N4S/c1-8-5-9(11-3-4-15-2)14-10(6-8)12-7-13-14/h5-7,11H,3-4H2,1-2H3. The smallest absolute Gasteiger partial charge is 0.157 e. The number of nitrogens with zero attached hydrogens (tertiary/aromatic N) is 3. The van der Waals surface area contributed by atoms with E-state index in [1.165, 1.54) is 5.56 Å². The van der Waals surface area contributed by atoms with Gasteiger partial charge in [-0.3, -0.25) is 0 Å². The first-order chi connectivity index (χ1) is 7.31. The molecule has 0 atom stereocenters. The summed E-state index contributed by atoms with van der Waals surface area (Å²) in [7, 11) is 0. The van der Waals surface area contributed by atoms with Crippen molar-refractivity contribution < 1.29 is 0 Å². The van der Waals surface area contributed by atoms with Gasteiger partial charge in [-0.15, -0.1) is 0 Å². The molecule has 2 aromatic heterocycles. The van der Waals surface area contributed by atoms with Gasteiger partial charge in [0.1, 0.15) is 12.1 Å². The first-order valence-electron chi connectivity index (χ1n) is 4.84. The molecule has 5 heteroatoms. The zero-order chi connectivity index (χ0) is 10.7. The molecule has 0 aliphatic heterocycles. The number of rotatable bonds is 4. The highest BCUT2D eigenvalue weighted by Crippen LogP contribution is 2.12. The Morgan fingerprint density at radius 1 is 1.47 bits per heavy atom. The summed E-state index contributed by atoms with van der Waals surface area (Å²) in [6.45, 7) is 3.01. The lowest BCUT2D eigenvalue weighted by atomic mass is 10.3. The highest BCUT2D eigenvalue weighted by atomic mass is 32.2. The minimum Gasteiger partial charge on any atom is -0.369 e. The Morgan fingerprint density at radius 2 is 2.33 bits per heavy atom. The molecule has 1 N–H and O–H groups in total. The van der Waals surface area contributed by atoms with Crippen molar-refractivity contribution in [3.05, 3.63) is 24.0 Å². The number of nitrogens with one attached hydrogen (secondary N) is 1. The van der Waals surface area contributed by atoms with Crippen LogP contribution in [0.4, 0.5) is 5.82 Å². The van der Waals surface area contributed by atoms with Crippen LogP contribution in [0.3, 0.4) is 0 Å². The maximum absolute atomic E-state index is 4.18. The van der Waals surface area contributed by atoms with Gasteiger partial charge < -0.3 is 5.32 Å². The van der Waals surface area contributed by atoms with Crippen molar-refractivity contribution in [3.63, 3.8) is 0 Å². The highest BCUT2D eigenvalue weighted by molar-refractivity contribution is 7.98. The second-order valence-corrected chi connectivity index (χ2v) is 4.35. The Morgan fingerprint density at radius 3 is 3.13 bits per heavy atom. The van der Waals surface area contributed by atoms with Crippen LogP contribution < -0.4 is 5.32 Å². The highest BCUT2D eigenvalue weighted by Gasteiger charge is 2.02. The van der Waals surface area contributed by atoms with Gasteiger partial charge in [0.25, 0.3) is 0 Å². The SMILES string of the molecule is CSCCNc1cc(C)cc2ncnn12. The van der Waals surface area contributed by atoms with E-state index in [-0.39, 0.29) is 0 Å². The number of aromatic nitrogens is 3. The molecule has 15 heavy (non-hydrogen) atoms. The summed E-state index contributed by atoms with van der Waals surface area (Å²) >= 11 is 1.82. The topological polar surface area (TPSA) is 42.2 Å². The van der Waals surface area contributed by atoms with E-state index in [1.54, 1.807) is 6.33 Å². The first kappa shape index (κ1) is 10.3. The van der Waals surface area contributed by atoms with E-state index in [4.69, 9.17) is 0 Å². The summed E-state index contributed by atoms with van der Waals surface area (Å²) in [5, 5.41) is 7.53.